The Balaban J connectivity index is 1.48. The van der Waals surface area contributed by atoms with Crippen LogP contribution >= 0.6 is 0 Å². The predicted molar refractivity (Wildman–Crippen MR) is 96.3 cm³/mol. The van der Waals surface area contributed by atoms with E-state index < -0.39 is 0 Å². The van der Waals surface area contributed by atoms with Crippen LogP contribution in [0, 0.1) is 0 Å². The first-order chi connectivity index (χ1) is 12.4. The van der Waals surface area contributed by atoms with E-state index in [1.807, 2.05) is 48.5 Å². The molecule has 0 saturated carbocycles. The van der Waals surface area contributed by atoms with Gasteiger partial charge in [-0.3, -0.25) is 0 Å². The van der Waals surface area contributed by atoms with Crippen molar-refractivity contribution in [2.24, 2.45) is 0 Å². The number of para-hydroxylation sites is 3. The number of anilines is 1. The maximum atomic E-state index is 5.89. The van der Waals surface area contributed by atoms with Crippen LogP contribution in [0.5, 0.6) is 11.5 Å². The summed E-state index contributed by atoms with van der Waals surface area (Å²) in [5, 5.41) is 4.23. The molecule has 4 rings (SSSR count). The zero-order chi connectivity index (χ0) is 17.1. The minimum atomic E-state index is 0.464. The Morgan fingerprint density at radius 3 is 2.68 bits per heavy atom. The summed E-state index contributed by atoms with van der Waals surface area (Å²) in [5.41, 5.74) is 2.26. The van der Waals surface area contributed by atoms with Gasteiger partial charge in [-0.25, -0.2) is 9.97 Å². The third kappa shape index (κ3) is 2.94. The highest BCUT2D eigenvalue weighted by Crippen LogP contribution is 2.30. The Morgan fingerprint density at radius 2 is 1.80 bits per heavy atom. The largest absolute Gasteiger partial charge is 0.493 e. The Hall–Kier alpha value is -3.28. The number of fused-ring (bicyclic) bond motifs is 3. The van der Waals surface area contributed by atoms with Gasteiger partial charge in [0.2, 0.25) is 0 Å². The zero-order valence-electron chi connectivity index (χ0n) is 13.7. The molecule has 0 saturated heterocycles. The van der Waals surface area contributed by atoms with Gasteiger partial charge in [-0.15, -0.1) is 0 Å². The Kier molecular flexibility index (Phi) is 4.08. The molecular formula is C19H17N3O3. The zero-order valence-corrected chi connectivity index (χ0v) is 13.7. The Labute approximate surface area is 144 Å². The SMILES string of the molecule is COc1ccccc1OCCNc1ncnc2c1oc1ccccc12. The van der Waals surface area contributed by atoms with Gasteiger partial charge in [-0.1, -0.05) is 24.3 Å². The lowest BCUT2D eigenvalue weighted by Gasteiger charge is -2.11. The van der Waals surface area contributed by atoms with Gasteiger partial charge in [0.1, 0.15) is 24.0 Å². The molecule has 0 spiro atoms. The highest BCUT2D eigenvalue weighted by Gasteiger charge is 2.12. The first kappa shape index (κ1) is 15.3. The van der Waals surface area contributed by atoms with E-state index in [-0.39, 0.29) is 0 Å². The van der Waals surface area contributed by atoms with Crippen LogP contribution in [0.4, 0.5) is 5.82 Å². The molecule has 25 heavy (non-hydrogen) atoms. The first-order valence-corrected chi connectivity index (χ1v) is 7.99. The second-order valence-electron chi connectivity index (χ2n) is 5.42. The monoisotopic (exact) mass is 335 g/mol. The van der Waals surface area contributed by atoms with Gasteiger partial charge in [0, 0.05) is 5.39 Å². The molecule has 0 aliphatic heterocycles. The summed E-state index contributed by atoms with van der Waals surface area (Å²) < 4.78 is 16.9. The fourth-order valence-corrected chi connectivity index (χ4v) is 2.72. The molecule has 0 bridgehead atoms. The molecule has 0 amide bonds. The van der Waals surface area contributed by atoms with Crippen molar-refractivity contribution in [3.8, 4) is 11.5 Å². The van der Waals surface area contributed by atoms with Gasteiger partial charge in [0.05, 0.1) is 13.7 Å². The van der Waals surface area contributed by atoms with Gasteiger partial charge in [0.15, 0.2) is 22.9 Å². The number of benzene rings is 2. The summed E-state index contributed by atoms with van der Waals surface area (Å²) in [6.07, 6.45) is 1.54. The van der Waals surface area contributed by atoms with Gasteiger partial charge < -0.3 is 19.2 Å². The van der Waals surface area contributed by atoms with E-state index in [0.29, 0.717) is 36.1 Å². The van der Waals surface area contributed by atoms with Crippen molar-refractivity contribution in [1.29, 1.82) is 0 Å². The van der Waals surface area contributed by atoms with E-state index in [1.165, 1.54) is 6.33 Å². The van der Waals surface area contributed by atoms with Crippen LogP contribution in [0.2, 0.25) is 0 Å². The lowest BCUT2D eigenvalue weighted by atomic mass is 10.2. The van der Waals surface area contributed by atoms with Crippen LogP contribution < -0.4 is 14.8 Å². The molecule has 0 fully saturated rings. The van der Waals surface area contributed by atoms with Crippen LogP contribution in [0.25, 0.3) is 22.1 Å². The molecule has 126 valence electrons. The fraction of sp³-hybridized carbons (Fsp3) is 0.158. The summed E-state index contributed by atoms with van der Waals surface area (Å²) in [4.78, 5) is 8.62. The van der Waals surface area contributed by atoms with Crippen molar-refractivity contribution in [1.82, 2.24) is 9.97 Å². The third-order valence-electron chi connectivity index (χ3n) is 3.88. The smallest absolute Gasteiger partial charge is 0.196 e. The maximum absolute atomic E-state index is 5.89. The quantitative estimate of drug-likeness (QED) is 0.539. The molecule has 6 nitrogen and oxygen atoms in total. The van der Waals surface area contributed by atoms with Crippen molar-refractivity contribution in [2.75, 3.05) is 25.6 Å². The van der Waals surface area contributed by atoms with Crippen LogP contribution in [-0.4, -0.2) is 30.2 Å². The number of methoxy groups -OCH3 is 1. The first-order valence-electron chi connectivity index (χ1n) is 7.99. The standard InChI is InChI=1S/C19H17N3O3/c1-23-15-8-4-5-9-16(15)24-11-10-20-19-18-17(21-12-22-19)13-6-2-3-7-14(13)25-18/h2-9,12H,10-11H2,1H3,(H,20,21,22). The molecule has 0 atom stereocenters. The summed E-state index contributed by atoms with van der Waals surface area (Å²) in [5.74, 6) is 2.08. The van der Waals surface area contributed by atoms with Crippen molar-refractivity contribution < 1.29 is 13.9 Å². The van der Waals surface area contributed by atoms with Gasteiger partial charge in [0.25, 0.3) is 0 Å². The second kappa shape index (κ2) is 6.68. The van der Waals surface area contributed by atoms with Gasteiger partial charge >= 0.3 is 0 Å². The molecule has 0 radical (unpaired) electrons. The average molecular weight is 335 g/mol. The lowest BCUT2D eigenvalue weighted by Crippen LogP contribution is -2.12. The molecule has 6 heteroatoms. The maximum Gasteiger partial charge on any atom is 0.196 e. The van der Waals surface area contributed by atoms with Crippen LogP contribution in [0.1, 0.15) is 0 Å². The molecule has 2 aromatic heterocycles. The molecule has 0 unspecified atom stereocenters. The fourth-order valence-electron chi connectivity index (χ4n) is 2.72. The normalized spacial score (nSPS) is 10.9. The van der Waals surface area contributed by atoms with Crippen molar-refractivity contribution in [3.05, 3.63) is 54.9 Å². The number of rotatable bonds is 6. The minimum Gasteiger partial charge on any atom is -0.493 e. The average Bonchev–Trinajstić information content (AvgIpc) is 3.05. The van der Waals surface area contributed by atoms with E-state index in [4.69, 9.17) is 13.9 Å². The van der Waals surface area contributed by atoms with E-state index in [9.17, 15) is 0 Å². The molecule has 2 aromatic carbocycles. The number of nitrogens with zero attached hydrogens (tertiary/aromatic N) is 2. The highest BCUT2D eigenvalue weighted by molar-refractivity contribution is 6.05. The summed E-state index contributed by atoms with van der Waals surface area (Å²) in [6, 6.07) is 15.4. The lowest BCUT2D eigenvalue weighted by molar-refractivity contribution is 0.306. The summed E-state index contributed by atoms with van der Waals surface area (Å²) in [6.45, 7) is 1.04. The molecular weight excluding hydrogens is 318 g/mol. The number of hydrogen-bond donors (Lipinski definition) is 1. The van der Waals surface area contributed by atoms with Crippen LogP contribution in [0.15, 0.2) is 59.3 Å². The molecule has 2 heterocycles. The van der Waals surface area contributed by atoms with Crippen molar-refractivity contribution >= 4 is 27.9 Å². The van der Waals surface area contributed by atoms with E-state index >= 15 is 0 Å². The molecule has 4 aromatic rings. The summed E-state index contributed by atoms with van der Waals surface area (Å²) in [7, 11) is 1.62. The van der Waals surface area contributed by atoms with Crippen molar-refractivity contribution in [2.45, 2.75) is 0 Å². The van der Waals surface area contributed by atoms with Crippen LogP contribution in [0.3, 0.4) is 0 Å². The predicted octanol–water partition coefficient (Wildman–Crippen LogP) is 3.88. The Morgan fingerprint density at radius 1 is 1.00 bits per heavy atom. The Bertz CT molecular complexity index is 1010. The second-order valence-corrected chi connectivity index (χ2v) is 5.42. The van der Waals surface area contributed by atoms with Gasteiger partial charge in [-0.05, 0) is 24.3 Å². The van der Waals surface area contributed by atoms with Crippen molar-refractivity contribution in [3.63, 3.8) is 0 Å². The van der Waals surface area contributed by atoms with E-state index in [0.717, 1.165) is 16.5 Å². The van der Waals surface area contributed by atoms with Gasteiger partial charge in [-0.2, -0.15) is 0 Å². The molecule has 0 aliphatic carbocycles. The number of nitrogens with one attached hydrogen (secondary N) is 1. The van der Waals surface area contributed by atoms with Crippen LogP contribution in [-0.2, 0) is 0 Å². The number of ether oxygens (including phenoxy) is 2. The number of furan rings is 1. The topological polar surface area (TPSA) is 69.4 Å². The molecule has 1 N–H and O–H groups in total. The highest BCUT2D eigenvalue weighted by atomic mass is 16.5. The minimum absolute atomic E-state index is 0.464. The third-order valence-corrected chi connectivity index (χ3v) is 3.88. The molecule has 0 aliphatic rings. The van der Waals surface area contributed by atoms with E-state index in [2.05, 4.69) is 15.3 Å². The van der Waals surface area contributed by atoms with E-state index in [1.54, 1.807) is 7.11 Å². The number of hydrogen-bond acceptors (Lipinski definition) is 6. The number of aromatic nitrogens is 2. The summed E-state index contributed by atoms with van der Waals surface area (Å²) >= 11 is 0.